The lowest BCUT2D eigenvalue weighted by molar-refractivity contribution is -0.384. The molecule has 3 aromatic rings. The summed E-state index contributed by atoms with van der Waals surface area (Å²) >= 11 is 13.1. The lowest BCUT2D eigenvalue weighted by atomic mass is 10.2. The zero-order valence-electron chi connectivity index (χ0n) is 15.1. The number of nitro benzene ring substituents is 1. The van der Waals surface area contributed by atoms with Crippen LogP contribution in [0.25, 0.3) is 0 Å². The van der Waals surface area contributed by atoms with Crippen molar-refractivity contribution in [2.75, 3.05) is 11.9 Å². The number of halogens is 2. The van der Waals surface area contributed by atoms with E-state index in [1.54, 1.807) is 24.3 Å². The molecule has 30 heavy (non-hydrogen) atoms. The Kier molecular flexibility index (Phi) is 6.93. The van der Waals surface area contributed by atoms with E-state index in [9.17, 15) is 19.7 Å². The van der Waals surface area contributed by atoms with Gasteiger partial charge in [0.2, 0.25) is 5.13 Å². The third kappa shape index (κ3) is 5.29. The van der Waals surface area contributed by atoms with Crippen LogP contribution in [0.5, 0.6) is 0 Å². The zero-order chi connectivity index (χ0) is 21.7. The van der Waals surface area contributed by atoms with Crippen molar-refractivity contribution in [3.63, 3.8) is 0 Å². The van der Waals surface area contributed by atoms with Crippen molar-refractivity contribution >= 4 is 57.2 Å². The van der Waals surface area contributed by atoms with E-state index in [1.165, 1.54) is 12.1 Å². The number of nitrogens with one attached hydrogen (secondary N) is 2. The van der Waals surface area contributed by atoms with Gasteiger partial charge in [-0.05, 0) is 18.2 Å². The number of hydrogen-bond donors (Lipinski definition) is 2. The molecular formula is C18H13Cl2N5O4S. The molecule has 154 valence electrons. The molecule has 0 saturated carbocycles. The van der Waals surface area contributed by atoms with Crippen LogP contribution in [-0.4, -0.2) is 33.5 Å². The Bertz CT molecular complexity index is 1120. The van der Waals surface area contributed by atoms with Gasteiger partial charge < -0.3 is 5.32 Å². The first-order valence-corrected chi connectivity index (χ1v) is 10.0. The molecule has 1 heterocycles. The average molecular weight is 466 g/mol. The van der Waals surface area contributed by atoms with Gasteiger partial charge in [-0.2, -0.15) is 0 Å². The zero-order valence-corrected chi connectivity index (χ0v) is 17.4. The lowest BCUT2D eigenvalue weighted by Crippen LogP contribution is -2.25. The number of aromatic nitrogens is 2. The fourth-order valence-corrected chi connectivity index (χ4v) is 3.61. The first-order chi connectivity index (χ1) is 14.3. The van der Waals surface area contributed by atoms with Crippen molar-refractivity contribution in [1.82, 2.24) is 15.5 Å². The Morgan fingerprint density at radius 3 is 2.47 bits per heavy atom. The highest BCUT2D eigenvalue weighted by atomic mass is 35.5. The fraction of sp³-hybridized carbons (Fsp3) is 0.111. The highest BCUT2D eigenvalue weighted by Crippen LogP contribution is 2.24. The van der Waals surface area contributed by atoms with Crippen molar-refractivity contribution in [3.05, 3.63) is 78.8 Å². The molecule has 1 aromatic heterocycles. The molecule has 0 aliphatic rings. The van der Waals surface area contributed by atoms with Crippen LogP contribution in [0.3, 0.4) is 0 Å². The van der Waals surface area contributed by atoms with Crippen LogP contribution in [0.1, 0.15) is 25.7 Å². The molecule has 9 nitrogen and oxygen atoms in total. The summed E-state index contributed by atoms with van der Waals surface area (Å²) in [5.41, 5.74) is 0.240. The molecule has 0 unspecified atom stereocenters. The van der Waals surface area contributed by atoms with E-state index in [0.717, 1.165) is 17.4 Å². The van der Waals surface area contributed by atoms with Gasteiger partial charge in [-0.15, -0.1) is 10.2 Å². The molecule has 0 aliphatic carbocycles. The number of carbonyl (C=O) groups is 2. The minimum Gasteiger partial charge on any atom is -0.352 e. The van der Waals surface area contributed by atoms with Crippen molar-refractivity contribution < 1.29 is 14.5 Å². The van der Waals surface area contributed by atoms with Crippen molar-refractivity contribution in [3.8, 4) is 0 Å². The van der Waals surface area contributed by atoms with E-state index >= 15 is 0 Å². The fourth-order valence-electron chi connectivity index (χ4n) is 2.39. The van der Waals surface area contributed by atoms with Gasteiger partial charge in [0, 0.05) is 25.1 Å². The number of hydrogen-bond acceptors (Lipinski definition) is 7. The Morgan fingerprint density at radius 1 is 1.03 bits per heavy atom. The summed E-state index contributed by atoms with van der Waals surface area (Å²) in [5.74, 6) is -0.865. The second-order valence-electron chi connectivity index (χ2n) is 5.86. The van der Waals surface area contributed by atoms with E-state index in [0.29, 0.717) is 28.6 Å². The molecule has 2 N–H and O–H groups in total. The molecule has 0 saturated heterocycles. The van der Waals surface area contributed by atoms with Gasteiger partial charge in [-0.25, -0.2) is 0 Å². The molecule has 0 fully saturated rings. The first-order valence-electron chi connectivity index (χ1n) is 8.45. The summed E-state index contributed by atoms with van der Waals surface area (Å²) in [6.45, 7) is 0.306. The summed E-state index contributed by atoms with van der Waals surface area (Å²) in [6.07, 6.45) is 0.405. The Balaban J connectivity index is 1.55. The number of nitro groups is 1. The molecule has 2 amide bonds. The second kappa shape index (κ2) is 9.61. The third-order valence-corrected chi connectivity index (χ3v) is 5.38. The molecule has 0 spiro atoms. The van der Waals surface area contributed by atoms with Crippen LogP contribution < -0.4 is 10.6 Å². The number of anilines is 1. The van der Waals surface area contributed by atoms with Crippen molar-refractivity contribution in [2.24, 2.45) is 0 Å². The van der Waals surface area contributed by atoms with Gasteiger partial charge in [0.25, 0.3) is 17.5 Å². The first kappa shape index (κ1) is 21.6. The second-order valence-corrected chi connectivity index (χ2v) is 7.74. The molecule has 0 aliphatic heterocycles. The van der Waals surface area contributed by atoms with Crippen molar-refractivity contribution in [2.45, 2.75) is 6.42 Å². The van der Waals surface area contributed by atoms with E-state index in [1.807, 2.05) is 0 Å². The number of non-ortho nitro benzene ring substituents is 1. The van der Waals surface area contributed by atoms with Crippen molar-refractivity contribution in [1.29, 1.82) is 0 Å². The molecule has 0 bridgehead atoms. The number of amides is 2. The van der Waals surface area contributed by atoms with Gasteiger partial charge in [-0.1, -0.05) is 46.7 Å². The highest BCUT2D eigenvalue weighted by Gasteiger charge is 2.17. The van der Waals surface area contributed by atoms with Crippen LogP contribution in [-0.2, 0) is 6.42 Å². The molecule has 3 rings (SSSR count). The van der Waals surface area contributed by atoms with Gasteiger partial charge in [0.1, 0.15) is 5.01 Å². The topological polar surface area (TPSA) is 127 Å². The van der Waals surface area contributed by atoms with E-state index in [-0.39, 0.29) is 27.3 Å². The summed E-state index contributed by atoms with van der Waals surface area (Å²) in [7, 11) is 0. The maximum atomic E-state index is 12.3. The Labute approximate surface area is 184 Å². The summed E-state index contributed by atoms with van der Waals surface area (Å²) in [6, 6.07) is 10.3. The smallest absolute Gasteiger partial charge is 0.270 e. The van der Waals surface area contributed by atoms with E-state index in [4.69, 9.17) is 23.2 Å². The minimum atomic E-state index is -0.602. The predicted molar refractivity (Wildman–Crippen MR) is 113 cm³/mol. The third-order valence-electron chi connectivity index (χ3n) is 3.84. The molecule has 0 atom stereocenters. The maximum absolute atomic E-state index is 12.3. The molecule has 0 radical (unpaired) electrons. The molecule has 2 aromatic carbocycles. The average Bonchev–Trinajstić information content (AvgIpc) is 3.15. The number of rotatable bonds is 7. The number of carbonyl (C=O) groups excluding carboxylic acids is 2. The van der Waals surface area contributed by atoms with Crippen LogP contribution >= 0.6 is 34.5 Å². The van der Waals surface area contributed by atoms with Gasteiger partial charge in [0.15, 0.2) is 0 Å². The Hall–Kier alpha value is -3.08. The normalized spacial score (nSPS) is 10.5. The Morgan fingerprint density at radius 2 is 1.77 bits per heavy atom. The molecular weight excluding hydrogens is 453 g/mol. The standard InChI is InChI=1S/C18H13Cl2N5O4S/c19-13-4-2-1-3-11(13)16(26)21-8-7-15-23-24-18(30-15)22-17(27)12-6-5-10(25(28)29)9-14(12)20/h1-6,9H,7-8H2,(H,21,26)(H,22,24,27). The van der Waals surface area contributed by atoms with Crippen LogP contribution in [0.2, 0.25) is 10.0 Å². The van der Waals surface area contributed by atoms with Crippen LogP contribution in [0.4, 0.5) is 10.8 Å². The predicted octanol–water partition coefficient (Wildman–Crippen LogP) is 3.98. The summed E-state index contributed by atoms with van der Waals surface area (Å²) < 4.78 is 0. The lowest BCUT2D eigenvalue weighted by Gasteiger charge is -2.05. The van der Waals surface area contributed by atoms with Crippen LogP contribution in [0.15, 0.2) is 42.5 Å². The maximum Gasteiger partial charge on any atom is 0.270 e. The SMILES string of the molecule is O=C(NCCc1nnc(NC(=O)c2ccc([N+](=O)[O-])cc2Cl)s1)c1ccccc1Cl. The quantitative estimate of drug-likeness (QED) is 0.401. The highest BCUT2D eigenvalue weighted by molar-refractivity contribution is 7.15. The summed E-state index contributed by atoms with van der Waals surface area (Å²) in [4.78, 5) is 34.6. The van der Waals surface area contributed by atoms with E-state index < -0.39 is 10.8 Å². The van der Waals surface area contributed by atoms with E-state index in [2.05, 4.69) is 20.8 Å². The summed E-state index contributed by atoms with van der Waals surface area (Å²) in [5, 5.41) is 25.0. The van der Waals surface area contributed by atoms with Gasteiger partial charge in [-0.3, -0.25) is 25.0 Å². The number of nitrogens with zero attached hydrogens (tertiary/aromatic N) is 3. The minimum absolute atomic E-state index is 0.0475. The van der Waals surface area contributed by atoms with Gasteiger partial charge in [0.05, 0.1) is 26.1 Å². The number of benzene rings is 2. The van der Waals surface area contributed by atoms with Gasteiger partial charge >= 0.3 is 0 Å². The monoisotopic (exact) mass is 465 g/mol. The van der Waals surface area contributed by atoms with Crippen LogP contribution in [0, 0.1) is 10.1 Å². The molecule has 12 heteroatoms. The largest absolute Gasteiger partial charge is 0.352 e.